The maximum absolute atomic E-state index is 6.11. The van der Waals surface area contributed by atoms with Gasteiger partial charge >= 0.3 is 0 Å². The normalized spacial score (nSPS) is 11.0. The molecule has 0 saturated heterocycles. The molecule has 3 rings (SSSR count). The summed E-state index contributed by atoms with van der Waals surface area (Å²) in [5.41, 5.74) is 3.91. The highest BCUT2D eigenvalue weighted by molar-refractivity contribution is 6.29. The molecule has 2 aromatic heterocycles. The summed E-state index contributed by atoms with van der Waals surface area (Å²) in [6.07, 6.45) is 1.84. The second-order valence-electron chi connectivity index (χ2n) is 5.10. The van der Waals surface area contributed by atoms with Crippen LogP contribution in [-0.4, -0.2) is 15.0 Å². The molecular weight excluding hydrogens is 282 g/mol. The molecule has 0 saturated carbocycles. The highest BCUT2D eigenvalue weighted by Crippen LogP contribution is 2.24. The molecule has 3 aromatic rings. The number of benzene rings is 1. The Morgan fingerprint density at radius 1 is 1.00 bits per heavy atom. The van der Waals surface area contributed by atoms with Crippen molar-refractivity contribution >= 4 is 22.5 Å². The minimum atomic E-state index is 0.491. The first-order valence-corrected chi connectivity index (χ1v) is 7.45. The van der Waals surface area contributed by atoms with Crippen molar-refractivity contribution in [3.8, 4) is 11.3 Å². The third kappa shape index (κ3) is 3.03. The summed E-state index contributed by atoms with van der Waals surface area (Å²) in [5, 5.41) is 1.59. The van der Waals surface area contributed by atoms with Crippen molar-refractivity contribution in [3.05, 3.63) is 53.1 Å². The third-order valence-electron chi connectivity index (χ3n) is 3.34. The van der Waals surface area contributed by atoms with E-state index >= 15 is 0 Å². The summed E-state index contributed by atoms with van der Waals surface area (Å²) >= 11 is 6.11. The van der Waals surface area contributed by atoms with Gasteiger partial charge in [0.25, 0.3) is 0 Å². The molecule has 0 fully saturated rings. The average Bonchev–Trinajstić information content (AvgIpc) is 2.46. The van der Waals surface area contributed by atoms with E-state index in [2.05, 4.69) is 34.0 Å². The Bertz CT molecular complexity index is 799. The van der Waals surface area contributed by atoms with E-state index in [4.69, 9.17) is 11.6 Å². The minimum absolute atomic E-state index is 0.491. The fourth-order valence-electron chi connectivity index (χ4n) is 2.33. The van der Waals surface area contributed by atoms with Crippen LogP contribution in [0.1, 0.15) is 24.9 Å². The van der Waals surface area contributed by atoms with Crippen molar-refractivity contribution in [1.29, 1.82) is 0 Å². The highest BCUT2D eigenvalue weighted by atomic mass is 35.5. The van der Waals surface area contributed by atoms with E-state index in [1.165, 1.54) is 0 Å². The molecule has 0 aliphatic carbocycles. The molecule has 2 heterocycles. The van der Waals surface area contributed by atoms with Crippen molar-refractivity contribution in [3.63, 3.8) is 0 Å². The summed E-state index contributed by atoms with van der Waals surface area (Å²) < 4.78 is 0. The topological polar surface area (TPSA) is 38.7 Å². The summed E-state index contributed by atoms with van der Waals surface area (Å²) in [6, 6.07) is 12.1. The fourth-order valence-corrected chi connectivity index (χ4v) is 2.54. The molecule has 0 radical (unpaired) electrons. The largest absolute Gasteiger partial charge is 0.253 e. The molecule has 0 aliphatic rings. The van der Waals surface area contributed by atoms with Crippen molar-refractivity contribution in [1.82, 2.24) is 15.0 Å². The number of rotatable bonds is 3. The number of fused-ring (bicyclic) bond motifs is 1. The van der Waals surface area contributed by atoms with Crippen molar-refractivity contribution < 1.29 is 0 Å². The zero-order chi connectivity index (χ0) is 14.8. The Morgan fingerprint density at radius 3 is 2.67 bits per heavy atom. The molecule has 0 aliphatic heterocycles. The Morgan fingerprint density at radius 2 is 1.86 bits per heavy atom. The summed E-state index contributed by atoms with van der Waals surface area (Å²) in [5.74, 6) is 0.794. The lowest BCUT2D eigenvalue weighted by Crippen LogP contribution is -1.97. The van der Waals surface area contributed by atoms with E-state index in [1.54, 1.807) is 0 Å². The molecular formula is C17H16ClN3. The predicted molar refractivity (Wildman–Crippen MR) is 86.5 cm³/mol. The molecule has 0 unspecified atom stereocenters. The Labute approximate surface area is 129 Å². The van der Waals surface area contributed by atoms with Crippen LogP contribution in [-0.2, 0) is 6.42 Å². The summed E-state index contributed by atoms with van der Waals surface area (Å²) in [6.45, 7) is 4.10. The van der Waals surface area contributed by atoms with Gasteiger partial charge in [0.05, 0.1) is 11.2 Å². The lowest BCUT2D eigenvalue weighted by atomic mass is 10.1. The van der Waals surface area contributed by atoms with Gasteiger partial charge in [0.1, 0.15) is 11.0 Å². The van der Waals surface area contributed by atoms with Gasteiger partial charge in [0, 0.05) is 29.1 Å². The van der Waals surface area contributed by atoms with Crippen LogP contribution in [0.25, 0.3) is 22.2 Å². The first-order chi connectivity index (χ1) is 10.2. The van der Waals surface area contributed by atoms with Gasteiger partial charge in [-0.1, -0.05) is 30.7 Å². The number of aryl methyl sites for hydroxylation is 2. The number of pyridine rings is 1. The number of halogens is 1. The van der Waals surface area contributed by atoms with Gasteiger partial charge in [-0.2, -0.15) is 0 Å². The van der Waals surface area contributed by atoms with Gasteiger partial charge in [-0.3, -0.25) is 4.98 Å². The Balaban J connectivity index is 2.09. The zero-order valence-electron chi connectivity index (χ0n) is 12.1. The smallest absolute Gasteiger partial charge is 0.133 e. The maximum atomic E-state index is 6.11. The average molecular weight is 298 g/mol. The standard InChI is InChI=1S/C17H16ClN3/c1-3-4-17-20-15(10-16(18)21-17)13-7-8-14-12(9-13)6-5-11(2)19-14/h5-10H,3-4H2,1-2H3. The monoisotopic (exact) mass is 297 g/mol. The van der Waals surface area contributed by atoms with Crippen LogP contribution in [0.15, 0.2) is 36.4 Å². The molecule has 0 N–H and O–H groups in total. The Kier molecular flexibility index (Phi) is 3.84. The molecule has 4 heteroatoms. The van der Waals surface area contributed by atoms with Crippen LogP contribution in [0.3, 0.4) is 0 Å². The van der Waals surface area contributed by atoms with Crippen LogP contribution in [0.2, 0.25) is 5.15 Å². The van der Waals surface area contributed by atoms with Crippen LogP contribution in [0, 0.1) is 6.92 Å². The summed E-state index contributed by atoms with van der Waals surface area (Å²) in [4.78, 5) is 13.4. The number of hydrogen-bond donors (Lipinski definition) is 0. The first-order valence-electron chi connectivity index (χ1n) is 7.07. The number of nitrogens with zero attached hydrogens (tertiary/aromatic N) is 3. The van der Waals surface area contributed by atoms with Crippen LogP contribution >= 0.6 is 11.6 Å². The number of aromatic nitrogens is 3. The molecule has 106 valence electrons. The Hall–Kier alpha value is -2.00. The van der Waals surface area contributed by atoms with Gasteiger partial charge in [0.15, 0.2) is 0 Å². The van der Waals surface area contributed by atoms with Crippen LogP contribution in [0.4, 0.5) is 0 Å². The van der Waals surface area contributed by atoms with Crippen LogP contribution in [0.5, 0.6) is 0 Å². The van der Waals surface area contributed by atoms with Gasteiger partial charge in [-0.25, -0.2) is 9.97 Å². The molecule has 21 heavy (non-hydrogen) atoms. The SMILES string of the molecule is CCCc1nc(Cl)cc(-c2ccc3nc(C)ccc3c2)n1. The van der Waals surface area contributed by atoms with E-state index < -0.39 is 0 Å². The lowest BCUT2D eigenvalue weighted by Gasteiger charge is -2.06. The molecule has 0 bridgehead atoms. The van der Waals surface area contributed by atoms with Gasteiger partial charge in [-0.15, -0.1) is 0 Å². The molecule has 0 spiro atoms. The highest BCUT2D eigenvalue weighted by Gasteiger charge is 2.06. The van der Waals surface area contributed by atoms with Crippen molar-refractivity contribution in [2.24, 2.45) is 0 Å². The van der Waals surface area contributed by atoms with E-state index in [-0.39, 0.29) is 0 Å². The molecule has 1 aromatic carbocycles. The minimum Gasteiger partial charge on any atom is -0.253 e. The lowest BCUT2D eigenvalue weighted by molar-refractivity contribution is 0.836. The van der Waals surface area contributed by atoms with Crippen molar-refractivity contribution in [2.45, 2.75) is 26.7 Å². The van der Waals surface area contributed by atoms with E-state index in [1.807, 2.05) is 31.2 Å². The van der Waals surface area contributed by atoms with Gasteiger partial charge in [0.2, 0.25) is 0 Å². The quantitative estimate of drug-likeness (QED) is 0.663. The molecule has 0 atom stereocenters. The number of hydrogen-bond acceptors (Lipinski definition) is 3. The molecule has 0 amide bonds. The van der Waals surface area contributed by atoms with Crippen molar-refractivity contribution in [2.75, 3.05) is 0 Å². The second kappa shape index (κ2) is 5.78. The molecule has 3 nitrogen and oxygen atoms in total. The van der Waals surface area contributed by atoms with Crippen LogP contribution < -0.4 is 0 Å². The van der Waals surface area contributed by atoms with Gasteiger partial charge in [-0.05, 0) is 31.5 Å². The predicted octanol–water partition coefficient (Wildman–Crippen LogP) is 4.61. The maximum Gasteiger partial charge on any atom is 0.133 e. The first kappa shape index (κ1) is 14.0. The van der Waals surface area contributed by atoms with E-state index in [0.717, 1.165) is 46.5 Å². The zero-order valence-corrected chi connectivity index (χ0v) is 12.9. The second-order valence-corrected chi connectivity index (χ2v) is 5.49. The fraction of sp³-hybridized carbons (Fsp3) is 0.235. The van der Waals surface area contributed by atoms with Gasteiger partial charge < -0.3 is 0 Å². The summed E-state index contributed by atoms with van der Waals surface area (Å²) in [7, 11) is 0. The third-order valence-corrected chi connectivity index (χ3v) is 3.53. The van der Waals surface area contributed by atoms with E-state index in [0.29, 0.717) is 5.15 Å². The van der Waals surface area contributed by atoms with E-state index in [9.17, 15) is 0 Å².